The molecule has 0 aliphatic carbocycles. The van der Waals surface area contributed by atoms with Gasteiger partial charge >= 0.3 is 5.97 Å². The second kappa shape index (κ2) is 10.8. The molecule has 1 saturated heterocycles. The van der Waals surface area contributed by atoms with E-state index in [-0.39, 0.29) is 19.3 Å². The number of aliphatic imine (C=N–C) groups is 1. The lowest BCUT2D eigenvalue weighted by atomic mass is 9.95. The van der Waals surface area contributed by atoms with E-state index in [1.165, 1.54) is 23.5 Å². The van der Waals surface area contributed by atoms with E-state index in [1.54, 1.807) is 19.2 Å². The number of morpholine rings is 1. The molecule has 0 spiro atoms. The fourth-order valence-electron chi connectivity index (χ4n) is 3.84. The number of thiazole rings is 1. The number of hydrogen-bond donors (Lipinski definition) is 2. The normalized spacial score (nSPS) is 21.5. The summed E-state index contributed by atoms with van der Waals surface area (Å²) in [5.74, 6) is -0.385. The van der Waals surface area contributed by atoms with Gasteiger partial charge in [-0.15, -0.1) is 11.3 Å². The minimum atomic E-state index is -0.734. The van der Waals surface area contributed by atoms with Gasteiger partial charge in [0.2, 0.25) is 0 Å². The molecule has 11 heteroatoms. The number of rotatable bonds is 7. The van der Waals surface area contributed by atoms with Crippen LogP contribution in [0.1, 0.15) is 23.5 Å². The summed E-state index contributed by atoms with van der Waals surface area (Å²) in [6, 6.07) is 3.37. The van der Waals surface area contributed by atoms with Crippen LogP contribution in [0.2, 0.25) is 0 Å². The van der Waals surface area contributed by atoms with Gasteiger partial charge in [0.05, 0.1) is 38.0 Å². The molecule has 8 nitrogen and oxygen atoms in total. The van der Waals surface area contributed by atoms with Crippen molar-refractivity contribution in [3.63, 3.8) is 0 Å². The zero-order valence-corrected chi connectivity index (χ0v) is 20.4. The highest BCUT2D eigenvalue weighted by Crippen LogP contribution is 2.37. The van der Waals surface area contributed by atoms with Crippen molar-refractivity contribution in [2.45, 2.75) is 19.0 Å². The van der Waals surface area contributed by atoms with Crippen LogP contribution in [0.25, 0.3) is 0 Å². The number of nitrogens with zero attached hydrogens (tertiary/aromatic N) is 3. The summed E-state index contributed by atoms with van der Waals surface area (Å²) in [6.45, 7) is 3.75. The number of halogens is 2. The van der Waals surface area contributed by atoms with Gasteiger partial charge in [-0.25, -0.2) is 14.2 Å². The van der Waals surface area contributed by atoms with Crippen LogP contribution in [0.4, 0.5) is 4.39 Å². The molecule has 2 atom stereocenters. The Balaban J connectivity index is 1.82. The first kappa shape index (κ1) is 24.0. The standard InChI is InChI=1S/C22H24BrFN4O4S/c1-2-32-22(30)18-17(10-28-6-7-31-12-14(28)11-29)26-20(21-25-5-8-33-21)27-19(18)15-4-3-13(24)9-16(15)23/h3-5,8-9,14,19,29H,2,6-7,10-12H2,1H3,(H,26,27)/t14-,19?/m0/s1. The van der Waals surface area contributed by atoms with Gasteiger partial charge in [0.1, 0.15) is 11.9 Å². The minimum Gasteiger partial charge on any atom is -0.463 e. The zero-order valence-electron chi connectivity index (χ0n) is 18.0. The monoisotopic (exact) mass is 538 g/mol. The maximum absolute atomic E-state index is 13.8. The maximum Gasteiger partial charge on any atom is 0.338 e. The van der Waals surface area contributed by atoms with Gasteiger partial charge in [0.25, 0.3) is 0 Å². The first-order valence-corrected chi connectivity index (χ1v) is 12.2. The lowest BCUT2D eigenvalue weighted by Gasteiger charge is -2.37. The number of nitrogens with one attached hydrogen (secondary N) is 1. The Hall–Kier alpha value is -2.18. The molecule has 2 aliphatic heterocycles. The summed E-state index contributed by atoms with van der Waals surface area (Å²) >= 11 is 4.85. The molecule has 2 aromatic rings. The smallest absolute Gasteiger partial charge is 0.338 e. The number of amidine groups is 1. The number of aliphatic hydroxyl groups is 1. The number of carbonyl (C=O) groups excluding carboxylic acids is 1. The van der Waals surface area contributed by atoms with Gasteiger partial charge in [-0.05, 0) is 24.6 Å². The SMILES string of the molecule is CCOC(=O)C1=C(CN2CCOC[C@@H]2CO)NC(c2nccs2)=NC1c1ccc(F)cc1Br. The highest BCUT2D eigenvalue weighted by molar-refractivity contribution is 9.10. The van der Waals surface area contributed by atoms with Crippen LogP contribution in [-0.4, -0.2) is 72.4 Å². The van der Waals surface area contributed by atoms with Crippen LogP contribution in [0.3, 0.4) is 0 Å². The quantitative estimate of drug-likeness (QED) is 0.523. The van der Waals surface area contributed by atoms with E-state index in [0.29, 0.717) is 58.5 Å². The number of hydrogen-bond acceptors (Lipinski definition) is 9. The summed E-state index contributed by atoms with van der Waals surface area (Å²) in [6.07, 6.45) is 1.68. The largest absolute Gasteiger partial charge is 0.463 e. The predicted molar refractivity (Wildman–Crippen MR) is 126 cm³/mol. The van der Waals surface area contributed by atoms with E-state index in [1.807, 2.05) is 5.38 Å². The molecule has 1 aromatic heterocycles. The fraction of sp³-hybridized carbons (Fsp3) is 0.409. The lowest BCUT2D eigenvalue weighted by molar-refractivity contribution is -0.139. The Bertz CT molecular complexity index is 1060. The summed E-state index contributed by atoms with van der Waals surface area (Å²) in [5, 5.41) is 15.6. The van der Waals surface area contributed by atoms with Crippen molar-refractivity contribution in [2.24, 2.45) is 4.99 Å². The van der Waals surface area contributed by atoms with Crippen LogP contribution in [0, 0.1) is 5.82 Å². The summed E-state index contributed by atoms with van der Waals surface area (Å²) in [7, 11) is 0. The average molecular weight is 539 g/mol. The number of esters is 1. The van der Waals surface area contributed by atoms with Crippen molar-refractivity contribution in [3.8, 4) is 0 Å². The molecule has 176 valence electrons. The van der Waals surface area contributed by atoms with Crippen LogP contribution < -0.4 is 5.32 Å². The molecule has 0 saturated carbocycles. The number of aromatic nitrogens is 1. The minimum absolute atomic E-state index is 0.0671. The molecule has 0 radical (unpaired) electrons. The molecule has 3 heterocycles. The van der Waals surface area contributed by atoms with Crippen molar-refractivity contribution in [3.05, 3.63) is 61.9 Å². The molecule has 1 fully saturated rings. The number of ether oxygens (including phenoxy) is 2. The van der Waals surface area contributed by atoms with Gasteiger partial charge in [0.15, 0.2) is 10.8 Å². The van der Waals surface area contributed by atoms with E-state index >= 15 is 0 Å². The Morgan fingerprint density at radius 2 is 2.33 bits per heavy atom. The molecule has 1 unspecified atom stereocenters. The average Bonchev–Trinajstić information content (AvgIpc) is 3.34. The van der Waals surface area contributed by atoms with Crippen molar-refractivity contribution >= 4 is 39.1 Å². The van der Waals surface area contributed by atoms with E-state index < -0.39 is 17.8 Å². The number of aliphatic hydroxyl groups excluding tert-OH is 1. The Morgan fingerprint density at radius 1 is 1.48 bits per heavy atom. The lowest BCUT2D eigenvalue weighted by Crippen LogP contribution is -2.50. The number of benzene rings is 1. The fourth-order valence-corrected chi connectivity index (χ4v) is 4.99. The summed E-state index contributed by atoms with van der Waals surface area (Å²) in [5.41, 5.74) is 1.58. The molecular formula is C22H24BrFN4O4S. The van der Waals surface area contributed by atoms with E-state index in [4.69, 9.17) is 14.5 Å². The Kier molecular flexibility index (Phi) is 7.86. The van der Waals surface area contributed by atoms with Crippen LogP contribution in [-0.2, 0) is 14.3 Å². The molecule has 1 aromatic carbocycles. The zero-order chi connectivity index (χ0) is 23.4. The summed E-state index contributed by atoms with van der Waals surface area (Å²) in [4.78, 5) is 24.4. The Morgan fingerprint density at radius 3 is 3.03 bits per heavy atom. The molecule has 4 rings (SSSR count). The Labute approximate surface area is 203 Å². The van der Waals surface area contributed by atoms with Gasteiger partial charge in [-0.1, -0.05) is 22.0 Å². The van der Waals surface area contributed by atoms with Gasteiger partial charge in [-0.2, -0.15) is 0 Å². The van der Waals surface area contributed by atoms with Crippen molar-refractivity contribution in [2.75, 3.05) is 39.5 Å². The maximum atomic E-state index is 13.8. The highest BCUT2D eigenvalue weighted by Gasteiger charge is 2.35. The molecular weight excluding hydrogens is 515 g/mol. The first-order valence-electron chi connectivity index (χ1n) is 10.5. The number of carbonyl (C=O) groups is 1. The predicted octanol–water partition coefficient (Wildman–Crippen LogP) is 2.65. The van der Waals surface area contributed by atoms with E-state index in [9.17, 15) is 14.3 Å². The van der Waals surface area contributed by atoms with Crippen LogP contribution >= 0.6 is 27.3 Å². The van der Waals surface area contributed by atoms with Crippen LogP contribution in [0.15, 0.2) is 50.5 Å². The highest BCUT2D eigenvalue weighted by atomic mass is 79.9. The van der Waals surface area contributed by atoms with Crippen molar-refractivity contribution < 1.29 is 23.8 Å². The van der Waals surface area contributed by atoms with Crippen molar-refractivity contribution in [1.82, 2.24) is 15.2 Å². The van der Waals surface area contributed by atoms with Gasteiger partial charge in [0, 0.05) is 34.8 Å². The second-order valence-corrected chi connectivity index (χ2v) is 9.25. The third-order valence-corrected chi connectivity index (χ3v) is 6.90. The topological polar surface area (TPSA) is 96.3 Å². The van der Waals surface area contributed by atoms with E-state index in [0.717, 1.165) is 0 Å². The van der Waals surface area contributed by atoms with Gasteiger partial charge in [-0.3, -0.25) is 9.89 Å². The summed E-state index contributed by atoms with van der Waals surface area (Å²) < 4.78 is 25.2. The van der Waals surface area contributed by atoms with Gasteiger partial charge < -0.3 is 19.9 Å². The third kappa shape index (κ3) is 5.33. The first-order chi connectivity index (χ1) is 16.0. The second-order valence-electron chi connectivity index (χ2n) is 7.50. The molecule has 0 bridgehead atoms. The van der Waals surface area contributed by atoms with Crippen LogP contribution in [0.5, 0.6) is 0 Å². The third-order valence-electron chi connectivity index (χ3n) is 5.43. The van der Waals surface area contributed by atoms with E-state index in [2.05, 4.69) is 31.1 Å². The molecule has 2 aliphatic rings. The van der Waals surface area contributed by atoms with Crippen molar-refractivity contribution in [1.29, 1.82) is 0 Å². The molecule has 2 N–H and O–H groups in total. The molecule has 0 amide bonds. The molecule has 33 heavy (non-hydrogen) atoms.